The number of nitro benzene ring substituents is 1. The number of phenolic OH excluding ortho intramolecular Hbond substituents is 2. The van der Waals surface area contributed by atoms with Crippen LogP contribution in [0.2, 0.25) is 0 Å². The van der Waals surface area contributed by atoms with E-state index in [1.807, 2.05) is 0 Å². The summed E-state index contributed by atoms with van der Waals surface area (Å²) in [7, 11) is 0. The molecule has 3 aromatic carbocycles. The van der Waals surface area contributed by atoms with E-state index in [1.54, 1.807) is 30.3 Å². The van der Waals surface area contributed by atoms with Gasteiger partial charge in [-0.3, -0.25) is 19.7 Å². The van der Waals surface area contributed by atoms with Crippen LogP contribution >= 0.6 is 31.9 Å². The number of nitro groups is 1. The zero-order chi connectivity index (χ0) is 25.5. The molecule has 2 amide bonds. The zero-order valence-corrected chi connectivity index (χ0v) is 20.8. The number of amides is 2. The summed E-state index contributed by atoms with van der Waals surface area (Å²) >= 11 is 6.23. The molecule has 4 N–H and O–H groups in total. The fraction of sp³-hybridized carbons (Fsp3) is 0. The molecule has 0 aliphatic rings. The number of phenols is 2. The smallest absolute Gasteiger partial charge is 0.287 e. The third-order valence-corrected chi connectivity index (χ3v) is 5.95. The molecule has 0 aliphatic carbocycles. The molecular weight excluding hydrogens is 588 g/mol. The third-order valence-electron chi connectivity index (χ3n) is 4.51. The van der Waals surface area contributed by atoms with Crippen LogP contribution in [0.3, 0.4) is 0 Å². The van der Waals surface area contributed by atoms with Crippen LogP contribution in [-0.4, -0.2) is 33.2 Å². The Hall–Kier alpha value is -4.03. The van der Waals surface area contributed by atoms with Crippen molar-refractivity contribution in [2.75, 3.05) is 0 Å². The average Bonchev–Trinajstić information content (AvgIpc) is 2.86. The molecule has 12 heteroatoms. The van der Waals surface area contributed by atoms with Gasteiger partial charge in [-0.25, -0.2) is 5.43 Å². The van der Waals surface area contributed by atoms with Gasteiger partial charge in [-0.2, -0.15) is 5.10 Å². The molecule has 0 aromatic heterocycles. The highest BCUT2D eigenvalue weighted by molar-refractivity contribution is 9.11. The van der Waals surface area contributed by atoms with E-state index in [-0.39, 0.29) is 26.1 Å². The fourth-order valence-electron chi connectivity index (χ4n) is 2.74. The number of hydrogen-bond acceptors (Lipinski definition) is 7. The number of non-ortho nitro benzene ring substituents is 1. The van der Waals surface area contributed by atoms with Gasteiger partial charge in [-0.1, -0.05) is 18.2 Å². The Morgan fingerprint density at radius 1 is 1.00 bits per heavy atom. The summed E-state index contributed by atoms with van der Waals surface area (Å²) in [6.45, 7) is 0. The van der Waals surface area contributed by atoms with E-state index in [0.717, 1.165) is 0 Å². The Bertz CT molecular complexity index is 1340. The van der Waals surface area contributed by atoms with Crippen molar-refractivity contribution in [3.63, 3.8) is 0 Å². The highest BCUT2D eigenvalue weighted by atomic mass is 79.9. The van der Waals surface area contributed by atoms with Crippen LogP contribution in [0.25, 0.3) is 6.08 Å². The summed E-state index contributed by atoms with van der Waals surface area (Å²) in [6.07, 6.45) is 2.56. The molecule has 0 heterocycles. The van der Waals surface area contributed by atoms with Crippen LogP contribution in [0.15, 0.2) is 80.4 Å². The number of rotatable bonds is 7. The Morgan fingerprint density at radius 2 is 1.66 bits per heavy atom. The van der Waals surface area contributed by atoms with E-state index in [0.29, 0.717) is 16.7 Å². The maximum absolute atomic E-state index is 12.8. The van der Waals surface area contributed by atoms with Gasteiger partial charge in [0.15, 0.2) is 11.5 Å². The predicted molar refractivity (Wildman–Crippen MR) is 136 cm³/mol. The van der Waals surface area contributed by atoms with Crippen LogP contribution < -0.4 is 10.7 Å². The van der Waals surface area contributed by atoms with E-state index in [4.69, 9.17) is 0 Å². The minimum atomic E-state index is -0.776. The summed E-state index contributed by atoms with van der Waals surface area (Å²) in [6, 6.07) is 15.1. The SMILES string of the molecule is O=C(NN=Cc1cc(Br)c(O)c(O)c1Br)/C(=C\c1ccc([N+](=O)[O-])cc1)NC(=O)c1ccccc1. The third kappa shape index (κ3) is 6.52. The summed E-state index contributed by atoms with van der Waals surface area (Å²) < 4.78 is 0.357. The van der Waals surface area contributed by atoms with Crippen molar-refractivity contribution in [2.24, 2.45) is 5.10 Å². The molecular formula is C23H16Br2N4O6. The van der Waals surface area contributed by atoms with Crippen molar-refractivity contribution in [3.8, 4) is 11.5 Å². The van der Waals surface area contributed by atoms with Crippen LogP contribution in [0.5, 0.6) is 11.5 Å². The van der Waals surface area contributed by atoms with Gasteiger partial charge in [0.05, 0.1) is 20.1 Å². The molecule has 0 spiro atoms. The first kappa shape index (κ1) is 25.6. The normalized spacial score (nSPS) is 11.3. The fourth-order valence-corrected chi connectivity index (χ4v) is 3.58. The lowest BCUT2D eigenvalue weighted by atomic mass is 10.1. The molecule has 0 atom stereocenters. The van der Waals surface area contributed by atoms with Crippen molar-refractivity contribution >= 4 is 61.7 Å². The van der Waals surface area contributed by atoms with E-state index >= 15 is 0 Å². The number of carbonyl (C=O) groups is 2. The maximum Gasteiger partial charge on any atom is 0.287 e. The van der Waals surface area contributed by atoms with Gasteiger partial charge in [0.2, 0.25) is 0 Å². The average molecular weight is 604 g/mol. The Kier molecular flexibility index (Phi) is 8.34. The van der Waals surface area contributed by atoms with Crippen molar-refractivity contribution in [3.05, 3.63) is 102 Å². The molecule has 10 nitrogen and oxygen atoms in total. The number of carbonyl (C=O) groups excluding carboxylic acids is 2. The maximum atomic E-state index is 12.8. The van der Waals surface area contributed by atoms with Crippen molar-refractivity contribution in [2.45, 2.75) is 0 Å². The lowest BCUT2D eigenvalue weighted by Crippen LogP contribution is -2.32. The van der Waals surface area contributed by atoms with Gasteiger partial charge in [0.25, 0.3) is 17.5 Å². The second-order valence-electron chi connectivity index (χ2n) is 6.88. The van der Waals surface area contributed by atoms with Gasteiger partial charge in [0.1, 0.15) is 5.70 Å². The first-order valence-corrected chi connectivity index (χ1v) is 11.3. The van der Waals surface area contributed by atoms with Crippen LogP contribution in [0.1, 0.15) is 21.5 Å². The topological polar surface area (TPSA) is 154 Å². The van der Waals surface area contributed by atoms with Crippen molar-refractivity contribution in [1.82, 2.24) is 10.7 Å². The highest BCUT2D eigenvalue weighted by Crippen LogP contribution is 2.40. The number of benzene rings is 3. The van der Waals surface area contributed by atoms with E-state index < -0.39 is 22.5 Å². The Morgan fingerprint density at radius 3 is 2.29 bits per heavy atom. The van der Waals surface area contributed by atoms with Crippen molar-refractivity contribution in [1.29, 1.82) is 0 Å². The Balaban J connectivity index is 1.86. The number of halogens is 2. The summed E-state index contributed by atoms with van der Waals surface area (Å²) in [5.74, 6) is -2.11. The van der Waals surface area contributed by atoms with Gasteiger partial charge < -0.3 is 15.5 Å². The van der Waals surface area contributed by atoms with E-state index in [1.165, 1.54) is 42.6 Å². The first-order valence-electron chi connectivity index (χ1n) is 9.73. The molecule has 178 valence electrons. The summed E-state index contributed by atoms with van der Waals surface area (Å²) in [5.41, 5.74) is 3.06. The second kappa shape index (κ2) is 11.4. The van der Waals surface area contributed by atoms with Gasteiger partial charge in [-0.05, 0) is 73.8 Å². The Labute approximate surface area is 215 Å². The minimum Gasteiger partial charge on any atom is -0.503 e. The quantitative estimate of drug-likeness (QED) is 0.103. The second-order valence-corrected chi connectivity index (χ2v) is 8.53. The molecule has 3 aromatic rings. The van der Waals surface area contributed by atoms with Gasteiger partial charge in [0, 0.05) is 23.3 Å². The summed E-state index contributed by atoms with van der Waals surface area (Å²) in [5, 5.41) is 36.9. The number of nitrogens with zero attached hydrogens (tertiary/aromatic N) is 2. The molecule has 0 saturated heterocycles. The minimum absolute atomic E-state index is 0.125. The van der Waals surface area contributed by atoms with E-state index in [2.05, 4.69) is 47.7 Å². The lowest BCUT2D eigenvalue weighted by Gasteiger charge is -2.09. The highest BCUT2D eigenvalue weighted by Gasteiger charge is 2.16. The lowest BCUT2D eigenvalue weighted by molar-refractivity contribution is -0.384. The molecule has 0 radical (unpaired) electrons. The predicted octanol–water partition coefficient (Wildman–Crippen LogP) is 4.45. The molecule has 0 aliphatic heterocycles. The standard InChI is InChI=1S/C23H16Br2N4O6/c24-17-11-15(19(25)21(31)20(17)30)12-26-28-23(33)18(27-22(32)14-4-2-1-3-5-14)10-13-6-8-16(9-7-13)29(34)35/h1-12,30-31H,(H,27,32)(H,28,33)/b18-10+,26-12?. The molecule has 0 saturated carbocycles. The van der Waals surface area contributed by atoms with Crippen molar-refractivity contribution < 1.29 is 24.7 Å². The number of hydrogen-bond donors (Lipinski definition) is 4. The first-order chi connectivity index (χ1) is 16.7. The van der Waals surface area contributed by atoms with E-state index in [9.17, 15) is 29.9 Å². The van der Waals surface area contributed by atoms with Crippen LogP contribution in [-0.2, 0) is 4.79 Å². The molecule has 0 fully saturated rings. The number of aromatic hydroxyl groups is 2. The number of hydrazone groups is 1. The van der Waals surface area contributed by atoms with Crippen LogP contribution in [0.4, 0.5) is 5.69 Å². The van der Waals surface area contributed by atoms with Gasteiger partial charge >= 0.3 is 0 Å². The zero-order valence-electron chi connectivity index (χ0n) is 17.6. The molecule has 35 heavy (non-hydrogen) atoms. The van der Waals surface area contributed by atoms with Gasteiger partial charge in [-0.15, -0.1) is 0 Å². The molecule has 3 rings (SSSR count). The molecule has 0 unspecified atom stereocenters. The monoisotopic (exact) mass is 602 g/mol. The molecule has 0 bridgehead atoms. The largest absolute Gasteiger partial charge is 0.503 e. The van der Waals surface area contributed by atoms with Crippen LogP contribution in [0, 0.1) is 10.1 Å². The number of nitrogens with one attached hydrogen (secondary N) is 2. The summed E-state index contributed by atoms with van der Waals surface area (Å²) in [4.78, 5) is 35.8.